The normalized spacial score (nSPS) is 10.2. The van der Waals surface area contributed by atoms with Crippen LogP contribution in [0.1, 0.15) is 28.5 Å². The monoisotopic (exact) mass is 374 g/mol. The summed E-state index contributed by atoms with van der Waals surface area (Å²) in [6, 6.07) is 16.5. The lowest BCUT2D eigenvalue weighted by molar-refractivity contribution is -0.114. The first-order valence-electron chi connectivity index (χ1n) is 8.90. The maximum absolute atomic E-state index is 12.4. The Hall–Kier alpha value is -3.67. The molecule has 0 radical (unpaired) electrons. The van der Waals surface area contributed by atoms with Crippen LogP contribution in [0.2, 0.25) is 0 Å². The number of hydrogen-bond acceptors (Lipinski definition) is 4. The van der Waals surface area contributed by atoms with E-state index < -0.39 is 0 Å². The van der Waals surface area contributed by atoms with Crippen molar-refractivity contribution in [2.75, 3.05) is 16.0 Å². The van der Waals surface area contributed by atoms with Crippen molar-refractivity contribution in [3.05, 3.63) is 77.6 Å². The second-order valence-electron chi connectivity index (χ2n) is 6.52. The van der Waals surface area contributed by atoms with Crippen LogP contribution in [0.4, 0.5) is 22.7 Å². The standard InChI is InChI=1S/C22H22N4O2/c1-14-5-4-6-20(15(14)2)25-19-11-12-21(23-13-19)22(28)26-18-9-7-17(8-10-18)24-16(3)27/h4-13,25H,1-3H3,(H,24,27)(H,26,28). The highest BCUT2D eigenvalue weighted by Crippen LogP contribution is 2.22. The van der Waals surface area contributed by atoms with E-state index in [0.717, 1.165) is 11.4 Å². The zero-order valence-corrected chi connectivity index (χ0v) is 16.0. The highest BCUT2D eigenvalue weighted by atomic mass is 16.2. The molecule has 1 aromatic heterocycles. The van der Waals surface area contributed by atoms with Crippen molar-refractivity contribution in [1.82, 2.24) is 4.98 Å². The van der Waals surface area contributed by atoms with E-state index in [4.69, 9.17) is 0 Å². The van der Waals surface area contributed by atoms with E-state index in [0.29, 0.717) is 17.1 Å². The number of carbonyl (C=O) groups excluding carboxylic acids is 2. The van der Waals surface area contributed by atoms with Gasteiger partial charge in [0.15, 0.2) is 0 Å². The maximum Gasteiger partial charge on any atom is 0.274 e. The molecule has 2 aromatic carbocycles. The number of aromatic nitrogens is 1. The fourth-order valence-electron chi connectivity index (χ4n) is 2.68. The minimum atomic E-state index is -0.300. The highest BCUT2D eigenvalue weighted by Gasteiger charge is 2.09. The summed E-state index contributed by atoms with van der Waals surface area (Å²) in [6.45, 7) is 5.57. The van der Waals surface area contributed by atoms with Gasteiger partial charge in [0.05, 0.1) is 11.9 Å². The van der Waals surface area contributed by atoms with E-state index >= 15 is 0 Å². The molecule has 2 amide bonds. The number of pyridine rings is 1. The first kappa shape index (κ1) is 19.1. The molecule has 3 N–H and O–H groups in total. The van der Waals surface area contributed by atoms with Crippen LogP contribution >= 0.6 is 0 Å². The Morgan fingerprint density at radius 3 is 2.07 bits per heavy atom. The minimum Gasteiger partial charge on any atom is -0.354 e. The van der Waals surface area contributed by atoms with Crippen molar-refractivity contribution < 1.29 is 9.59 Å². The Morgan fingerprint density at radius 2 is 1.46 bits per heavy atom. The molecule has 0 aliphatic rings. The fourth-order valence-corrected chi connectivity index (χ4v) is 2.68. The van der Waals surface area contributed by atoms with Crippen LogP contribution in [0.3, 0.4) is 0 Å². The predicted molar refractivity (Wildman–Crippen MR) is 112 cm³/mol. The molecule has 0 aliphatic carbocycles. The third-order valence-corrected chi connectivity index (χ3v) is 4.34. The summed E-state index contributed by atoms with van der Waals surface area (Å²) in [7, 11) is 0. The van der Waals surface area contributed by atoms with Gasteiger partial charge in [0, 0.05) is 24.0 Å². The van der Waals surface area contributed by atoms with Crippen LogP contribution in [-0.4, -0.2) is 16.8 Å². The van der Waals surface area contributed by atoms with Crippen LogP contribution in [-0.2, 0) is 4.79 Å². The van der Waals surface area contributed by atoms with Gasteiger partial charge in [-0.15, -0.1) is 0 Å². The van der Waals surface area contributed by atoms with Gasteiger partial charge in [-0.1, -0.05) is 12.1 Å². The molecule has 0 fully saturated rings. The molecule has 1 heterocycles. The molecule has 0 unspecified atom stereocenters. The first-order valence-corrected chi connectivity index (χ1v) is 8.90. The van der Waals surface area contributed by atoms with Gasteiger partial charge in [-0.05, 0) is 67.4 Å². The summed E-state index contributed by atoms with van der Waals surface area (Å²) < 4.78 is 0. The Labute approximate surface area is 164 Å². The molecule has 142 valence electrons. The summed E-state index contributed by atoms with van der Waals surface area (Å²) in [4.78, 5) is 27.7. The van der Waals surface area contributed by atoms with E-state index in [2.05, 4.69) is 40.8 Å². The second kappa shape index (κ2) is 8.35. The van der Waals surface area contributed by atoms with Crippen molar-refractivity contribution in [3.63, 3.8) is 0 Å². The molecule has 6 heteroatoms. The van der Waals surface area contributed by atoms with Crippen LogP contribution in [0, 0.1) is 13.8 Å². The Morgan fingerprint density at radius 1 is 0.821 bits per heavy atom. The molecule has 0 saturated heterocycles. The lowest BCUT2D eigenvalue weighted by Gasteiger charge is -2.11. The quantitative estimate of drug-likeness (QED) is 0.607. The summed E-state index contributed by atoms with van der Waals surface area (Å²) in [5.74, 6) is -0.443. The molecule has 3 aromatic rings. The second-order valence-corrected chi connectivity index (χ2v) is 6.52. The smallest absolute Gasteiger partial charge is 0.274 e. The molecule has 0 aliphatic heterocycles. The van der Waals surface area contributed by atoms with Crippen molar-refractivity contribution in [2.45, 2.75) is 20.8 Å². The molecular formula is C22H22N4O2. The van der Waals surface area contributed by atoms with Gasteiger partial charge in [-0.25, -0.2) is 4.98 Å². The predicted octanol–water partition coefficient (Wildman–Crippen LogP) is 4.65. The largest absolute Gasteiger partial charge is 0.354 e. The molecule has 0 saturated carbocycles. The van der Waals surface area contributed by atoms with Gasteiger partial charge in [-0.2, -0.15) is 0 Å². The van der Waals surface area contributed by atoms with E-state index in [9.17, 15) is 9.59 Å². The fraction of sp³-hybridized carbons (Fsp3) is 0.136. The lowest BCUT2D eigenvalue weighted by Crippen LogP contribution is -2.13. The van der Waals surface area contributed by atoms with Crippen LogP contribution in [0.15, 0.2) is 60.8 Å². The number of aryl methyl sites for hydroxylation is 1. The van der Waals surface area contributed by atoms with Gasteiger partial charge in [0.2, 0.25) is 5.91 Å². The van der Waals surface area contributed by atoms with E-state index in [1.54, 1.807) is 36.5 Å². The third kappa shape index (κ3) is 4.73. The number of rotatable bonds is 5. The maximum atomic E-state index is 12.4. The molecule has 0 spiro atoms. The highest BCUT2D eigenvalue weighted by molar-refractivity contribution is 6.03. The summed E-state index contributed by atoms with van der Waals surface area (Å²) in [6.07, 6.45) is 1.64. The topological polar surface area (TPSA) is 83.1 Å². The van der Waals surface area contributed by atoms with Crippen molar-refractivity contribution in [1.29, 1.82) is 0 Å². The van der Waals surface area contributed by atoms with Crippen LogP contribution in [0.25, 0.3) is 0 Å². The summed E-state index contributed by atoms with van der Waals surface area (Å²) >= 11 is 0. The molecule has 6 nitrogen and oxygen atoms in total. The lowest BCUT2D eigenvalue weighted by atomic mass is 10.1. The van der Waals surface area contributed by atoms with Crippen molar-refractivity contribution in [3.8, 4) is 0 Å². The number of benzene rings is 2. The Kier molecular flexibility index (Phi) is 5.69. The number of amides is 2. The van der Waals surface area contributed by atoms with Gasteiger partial charge in [0.1, 0.15) is 5.69 Å². The average molecular weight is 374 g/mol. The van der Waals surface area contributed by atoms with E-state index in [1.165, 1.54) is 18.1 Å². The molecule has 28 heavy (non-hydrogen) atoms. The number of anilines is 4. The number of hydrogen-bond donors (Lipinski definition) is 3. The molecule has 0 bridgehead atoms. The first-order chi connectivity index (χ1) is 13.4. The molecule has 0 atom stereocenters. The van der Waals surface area contributed by atoms with Crippen LogP contribution < -0.4 is 16.0 Å². The third-order valence-electron chi connectivity index (χ3n) is 4.34. The zero-order valence-electron chi connectivity index (χ0n) is 16.0. The SMILES string of the molecule is CC(=O)Nc1ccc(NC(=O)c2ccc(Nc3cccc(C)c3C)cn2)cc1. The van der Waals surface area contributed by atoms with Gasteiger partial charge < -0.3 is 16.0 Å². The van der Waals surface area contributed by atoms with Gasteiger partial charge >= 0.3 is 0 Å². The van der Waals surface area contributed by atoms with Crippen LogP contribution in [0.5, 0.6) is 0 Å². The average Bonchev–Trinajstić information content (AvgIpc) is 2.67. The zero-order chi connectivity index (χ0) is 20.1. The Bertz CT molecular complexity index is 996. The summed E-state index contributed by atoms with van der Waals surface area (Å²) in [5, 5.41) is 8.79. The number of carbonyl (C=O) groups is 2. The number of nitrogens with one attached hydrogen (secondary N) is 3. The van der Waals surface area contributed by atoms with E-state index in [1.807, 2.05) is 18.2 Å². The van der Waals surface area contributed by atoms with Crippen molar-refractivity contribution >= 4 is 34.6 Å². The molecule has 3 rings (SSSR count). The van der Waals surface area contributed by atoms with Gasteiger partial charge in [0.25, 0.3) is 5.91 Å². The van der Waals surface area contributed by atoms with Gasteiger partial charge in [-0.3, -0.25) is 9.59 Å². The van der Waals surface area contributed by atoms with E-state index in [-0.39, 0.29) is 11.8 Å². The Balaban J connectivity index is 1.65. The van der Waals surface area contributed by atoms with Crippen molar-refractivity contribution in [2.24, 2.45) is 0 Å². The summed E-state index contributed by atoms with van der Waals surface area (Å²) in [5.41, 5.74) is 5.81. The number of nitrogens with zero attached hydrogens (tertiary/aromatic N) is 1. The minimum absolute atomic E-state index is 0.143. The molecular weight excluding hydrogens is 352 g/mol.